The maximum atomic E-state index is 13.1. The van der Waals surface area contributed by atoms with Crippen molar-refractivity contribution in [1.29, 1.82) is 0 Å². The van der Waals surface area contributed by atoms with Crippen LogP contribution in [0.1, 0.15) is 11.1 Å². The van der Waals surface area contributed by atoms with E-state index in [2.05, 4.69) is 8.75 Å². The number of halogens is 3. The molecule has 12 heteroatoms. The molecule has 0 saturated carbocycles. The van der Waals surface area contributed by atoms with Gasteiger partial charge in [0.15, 0.2) is 0 Å². The molecule has 1 aliphatic rings. The smallest absolute Gasteiger partial charge is 0.337 e. The van der Waals surface area contributed by atoms with Crippen LogP contribution < -0.4 is 0 Å². The van der Waals surface area contributed by atoms with E-state index in [0.29, 0.717) is 11.0 Å². The predicted molar refractivity (Wildman–Crippen MR) is 113 cm³/mol. The minimum atomic E-state index is -4.46. The van der Waals surface area contributed by atoms with Gasteiger partial charge in [0.05, 0.1) is 17.3 Å². The van der Waals surface area contributed by atoms with Crippen molar-refractivity contribution in [2.45, 2.75) is 11.1 Å². The maximum Gasteiger partial charge on any atom is 0.416 e. The molecule has 7 nitrogen and oxygen atoms in total. The molecule has 32 heavy (non-hydrogen) atoms. The van der Waals surface area contributed by atoms with Gasteiger partial charge in [0, 0.05) is 32.3 Å². The Bertz CT molecular complexity index is 1280. The number of aromatic nitrogens is 2. The third-order valence-corrected chi connectivity index (χ3v) is 7.52. The number of hydrogen-bond acceptors (Lipinski definition) is 6. The normalized spacial score (nSPS) is 16.2. The van der Waals surface area contributed by atoms with Crippen molar-refractivity contribution in [2.75, 3.05) is 26.2 Å². The second kappa shape index (κ2) is 8.60. The van der Waals surface area contributed by atoms with Crippen LogP contribution in [0.25, 0.3) is 17.1 Å². The Morgan fingerprint density at radius 1 is 1.03 bits per heavy atom. The summed E-state index contributed by atoms with van der Waals surface area (Å²) >= 11 is 0.934. The van der Waals surface area contributed by atoms with Crippen LogP contribution in [0.5, 0.6) is 0 Å². The molecule has 0 bridgehead atoms. The van der Waals surface area contributed by atoms with E-state index in [1.54, 1.807) is 12.1 Å². The van der Waals surface area contributed by atoms with E-state index < -0.39 is 27.7 Å². The topological polar surface area (TPSA) is 83.5 Å². The van der Waals surface area contributed by atoms with Gasteiger partial charge in [-0.3, -0.25) is 4.79 Å². The van der Waals surface area contributed by atoms with Crippen LogP contribution in [-0.2, 0) is 21.0 Å². The van der Waals surface area contributed by atoms with Crippen molar-refractivity contribution >= 4 is 44.8 Å². The van der Waals surface area contributed by atoms with Crippen molar-refractivity contribution < 1.29 is 26.4 Å². The van der Waals surface area contributed by atoms with Gasteiger partial charge < -0.3 is 4.90 Å². The molecule has 0 radical (unpaired) electrons. The van der Waals surface area contributed by atoms with Gasteiger partial charge in [0.2, 0.25) is 15.9 Å². The molecule has 0 aliphatic carbocycles. The fraction of sp³-hybridized carbons (Fsp3) is 0.250. The summed E-state index contributed by atoms with van der Waals surface area (Å²) in [6.45, 7) is 0.519. The highest BCUT2D eigenvalue weighted by molar-refractivity contribution is 7.89. The number of carbonyl (C=O) groups excluding carboxylic acids is 1. The molecule has 1 fully saturated rings. The zero-order valence-electron chi connectivity index (χ0n) is 16.5. The molecule has 3 aromatic rings. The fourth-order valence-corrected chi connectivity index (χ4v) is 5.54. The Labute approximate surface area is 186 Å². The van der Waals surface area contributed by atoms with Crippen molar-refractivity contribution in [3.8, 4) is 0 Å². The van der Waals surface area contributed by atoms with Crippen LogP contribution in [0.2, 0.25) is 0 Å². The largest absolute Gasteiger partial charge is 0.416 e. The van der Waals surface area contributed by atoms with E-state index in [4.69, 9.17) is 0 Å². The lowest BCUT2D eigenvalue weighted by Gasteiger charge is -2.33. The number of benzene rings is 2. The summed E-state index contributed by atoms with van der Waals surface area (Å²) in [5, 5.41) is 0. The minimum Gasteiger partial charge on any atom is -0.337 e. The Kier molecular flexibility index (Phi) is 6.01. The monoisotopic (exact) mass is 482 g/mol. The molecule has 0 atom stereocenters. The van der Waals surface area contributed by atoms with Crippen LogP contribution in [0.15, 0.2) is 53.4 Å². The van der Waals surface area contributed by atoms with Gasteiger partial charge in [0.25, 0.3) is 0 Å². The molecule has 1 aliphatic heterocycles. The molecular formula is C20H17F3N4O3S2. The summed E-state index contributed by atoms with van der Waals surface area (Å²) in [7, 11) is -3.81. The van der Waals surface area contributed by atoms with Gasteiger partial charge in [-0.2, -0.15) is 26.2 Å². The second-order valence-electron chi connectivity index (χ2n) is 7.07. The van der Waals surface area contributed by atoms with Crippen LogP contribution in [0.3, 0.4) is 0 Å². The van der Waals surface area contributed by atoms with Crippen molar-refractivity contribution in [2.24, 2.45) is 0 Å². The summed E-state index contributed by atoms with van der Waals surface area (Å²) in [5.41, 5.74) is 0.278. The first-order valence-corrected chi connectivity index (χ1v) is 11.7. The minimum absolute atomic E-state index is 0.0768. The third-order valence-electron chi connectivity index (χ3n) is 5.05. The number of fused-ring (bicyclic) bond motifs is 1. The molecule has 4 rings (SSSR count). The summed E-state index contributed by atoms with van der Waals surface area (Å²) in [4.78, 5) is 14.0. The number of alkyl halides is 3. The van der Waals surface area contributed by atoms with Gasteiger partial charge in [0.1, 0.15) is 15.9 Å². The van der Waals surface area contributed by atoms with Crippen LogP contribution >= 0.6 is 11.7 Å². The Morgan fingerprint density at radius 3 is 2.47 bits per heavy atom. The number of carbonyl (C=O) groups is 1. The van der Waals surface area contributed by atoms with Gasteiger partial charge in [-0.15, -0.1) is 0 Å². The molecule has 168 valence electrons. The molecule has 0 unspecified atom stereocenters. The maximum absolute atomic E-state index is 13.1. The number of hydrogen-bond donors (Lipinski definition) is 0. The first-order valence-electron chi connectivity index (χ1n) is 9.52. The molecule has 1 saturated heterocycles. The second-order valence-corrected chi connectivity index (χ2v) is 9.51. The van der Waals surface area contributed by atoms with Gasteiger partial charge in [-0.25, -0.2) is 8.42 Å². The summed E-state index contributed by atoms with van der Waals surface area (Å²) in [6.07, 6.45) is -1.95. The first-order chi connectivity index (χ1) is 15.2. The highest BCUT2D eigenvalue weighted by Gasteiger charge is 2.32. The third kappa shape index (κ3) is 4.52. The van der Waals surface area contributed by atoms with E-state index in [-0.39, 0.29) is 36.6 Å². The van der Waals surface area contributed by atoms with Gasteiger partial charge in [-0.1, -0.05) is 18.2 Å². The molecule has 0 spiro atoms. The predicted octanol–water partition coefficient (Wildman–Crippen LogP) is 3.26. The molecular weight excluding hydrogens is 465 g/mol. The van der Waals surface area contributed by atoms with Crippen LogP contribution in [0, 0.1) is 0 Å². The Hall–Kier alpha value is -2.83. The SMILES string of the molecule is O=C(/C=C/c1cccc(C(F)(F)F)c1)N1CCN(S(=O)(=O)c2cccc3nsnc23)CC1. The number of amides is 1. The molecule has 2 aromatic carbocycles. The lowest BCUT2D eigenvalue weighted by molar-refractivity contribution is -0.137. The van der Waals surface area contributed by atoms with Crippen LogP contribution in [-0.4, -0.2) is 58.5 Å². The highest BCUT2D eigenvalue weighted by Crippen LogP contribution is 2.30. The van der Waals surface area contributed by atoms with E-state index >= 15 is 0 Å². The van der Waals surface area contributed by atoms with Gasteiger partial charge >= 0.3 is 6.18 Å². The van der Waals surface area contributed by atoms with E-state index in [9.17, 15) is 26.4 Å². The molecule has 0 N–H and O–H groups in total. The number of nitrogens with zero attached hydrogens (tertiary/aromatic N) is 4. The van der Waals surface area contributed by atoms with E-state index in [1.165, 1.54) is 39.6 Å². The van der Waals surface area contributed by atoms with Crippen molar-refractivity contribution in [1.82, 2.24) is 18.0 Å². The lowest BCUT2D eigenvalue weighted by Crippen LogP contribution is -2.50. The number of piperazine rings is 1. The van der Waals surface area contributed by atoms with Crippen LogP contribution in [0.4, 0.5) is 13.2 Å². The standard InChI is InChI=1S/C20H17F3N4O3S2/c21-20(22,23)15-4-1-3-14(13-15)7-8-18(28)26-9-11-27(12-10-26)32(29,30)17-6-2-5-16-19(17)25-31-24-16/h1-8,13H,9-12H2/b8-7+. The zero-order chi connectivity index (χ0) is 22.9. The zero-order valence-corrected chi connectivity index (χ0v) is 18.1. The molecule has 2 heterocycles. The quantitative estimate of drug-likeness (QED) is 0.533. The van der Waals surface area contributed by atoms with Crippen molar-refractivity contribution in [3.63, 3.8) is 0 Å². The van der Waals surface area contributed by atoms with E-state index in [1.807, 2.05) is 0 Å². The number of rotatable bonds is 4. The Morgan fingerprint density at radius 2 is 1.75 bits per heavy atom. The van der Waals surface area contributed by atoms with E-state index in [0.717, 1.165) is 23.9 Å². The summed E-state index contributed by atoms with van der Waals surface area (Å²) < 4.78 is 74.0. The average Bonchev–Trinajstić information content (AvgIpc) is 3.26. The Balaban J connectivity index is 1.42. The average molecular weight is 483 g/mol. The molecule has 1 amide bonds. The fourth-order valence-electron chi connectivity index (χ4n) is 3.37. The molecule has 1 aromatic heterocycles. The highest BCUT2D eigenvalue weighted by atomic mass is 32.2. The summed E-state index contributed by atoms with van der Waals surface area (Å²) in [6, 6.07) is 9.43. The summed E-state index contributed by atoms with van der Waals surface area (Å²) in [5.74, 6) is -0.398. The lowest BCUT2D eigenvalue weighted by atomic mass is 10.1. The number of sulfonamides is 1. The first kappa shape index (κ1) is 22.4. The van der Waals surface area contributed by atoms with Gasteiger partial charge in [-0.05, 0) is 35.9 Å². The van der Waals surface area contributed by atoms with Crippen molar-refractivity contribution in [3.05, 3.63) is 59.7 Å².